The molecule has 0 saturated heterocycles. The van der Waals surface area contributed by atoms with Gasteiger partial charge in [0.25, 0.3) is 0 Å². The number of carbonyl (C=O) groups is 1. The molecule has 0 aliphatic heterocycles. The van der Waals surface area contributed by atoms with Crippen molar-refractivity contribution in [1.82, 2.24) is 0 Å². The van der Waals surface area contributed by atoms with E-state index in [-0.39, 0.29) is 23.9 Å². The minimum absolute atomic E-state index is 0.159. The number of halogens is 3. The molecule has 0 aliphatic carbocycles. The standard InChI is InChI=1S/C23H25Br2ClO4/c1-5-10-28-18-8-6-16(7-9-18)23(3,4)17-11-20(24)22(21(25)12-17)29-14-19(13-26)30-15(2)27/h5-9,11-12,19H,1,10,13-14H2,2-4H3/t19-/m1/s1. The van der Waals surface area contributed by atoms with Gasteiger partial charge >= 0.3 is 5.97 Å². The molecule has 0 N–H and O–H groups in total. The fourth-order valence-electron chi connectivity index (χ4n) is 2.87. The number of benzene rings is 2. The SMILES string of the molecule is [CH2][CH]COc1ccc(C(C)(C)c2cc(Br)c(OC[C@@H](CCl)OC(C)=O)c(Br)c2)cc1. The number of carbonyl (C=O) groups excluding carboxylic acids is 1. The molecule has 7 heteroatoms. The van der Waals surface area contributed by atoms with E-state index in [2.05, 4.69) is 64.8 Å². The first kappa shape index (κ1) is 25.0. The highest BCUT2D eigenvalue weighted by molar-refractivity contribution is 9.11. The van der Waals surface area contributed by atoms with Crippen molar-refractivity contribution in [2.75, 3.05) is 19.1 Å². The first-order chi connectivity index (χ1) is 14.2. The maximum atomic E-state index is 11.2. The number of hydrogen-bond donors (Lipinski definition) is 0. The van der Waals surface area contributed by atoms with Gasteiger partial charge in [-0.05, 0) is 80.6 Å². The van der Waals surface area contributed by atoms with Gasteiger partial charge in [0.2, 0.25) is 0 Å². The van der Waals surface area contributed by atoms with Gasteiger partial charge in [-0.15, -0.1) is 11.6 Å². The molecule has 0 unspecified atom stereocenters. The second-order valence-corrected chi connectivity index (χ2v) is 9.23. The molecule has 0 aromatic heterocycles. The van der Waals surface area contributed by atoms with Gasteiger partial charge in [-0.1, -0.05) is 26.0 Å². The van der Waals surface area contributed by atoms with E-state index in [1.807, 2.05) is 24.3 Å². The Morgan fingerprint density at radius 2 is 1.73 bits per heavy atom. The van der Waals surface area contributed by atoms with Gasteiger partial charge in [-0.25, -0.2) is 0 Å². The lowest BCUT2D eigenvalue weighted by Gasteiger charge is -2.27. The molecule has 2 aromatic rings. The van der Waals surface area contributed by atoms with Crippen LogP contribution in [0.4, 0.5) is 0 Å². The summed E-state index contributed by atoms with van der Waals surface area (Å²) in [4.78, 5) is 11.2. The molecule has 0 heterocycles. The van der Waals surface area contributed by atoms with Gasteiger partial charge in [0, 0.05) is 12.3 Å². The highest BCUT2D eigenvalue weighted by atomic mass is 79.9. The summed E-state index contributed by atoms with van der Waals surface area (Å²) in [5, 5.41) is 0. The quantitative estimate of drug-likeness (QED) is 0.246. The van der Waals surface area contributed by atoms with Crippen molar-refractivity contribution in [2.24, 2.45) is 0 Å². The molecular weight excluding hydrogens is 536 g/mol. The average Bonchev–Trinajstić information content (AvgIpc) is 2.70. The van der Waals surface area contributed by atoms with E-state index in [4.69, 9.17) is 25.8 Å². The summed E-state index contributed by atoms with van der Waals surface area (Å²) in [6.45, 7) is 9.97. The predicted molar refractivity (Wildman–Crippen MR) is 127 cm³/mol. The Bertz CT molecular complexity index is 830. The van der Waals surface area contributed by atoms with E-state index in [9.17, 15) is 4.79 Å². The number of ether oxygens (including phenoxy) is 3. The van der Waals surface area contributed by atoms with Crippen LogP contribution in [0.1, 0.15) is 31.9 Å². The smallest absolute Gasteiger partial charge is 0.303 e. The minimum atomic E-state index is -0.513. The zero-order valence-corrected chi connectivity index (χ0v) is 21.1. The van der Waals surface area contributed by atoms with E-state index < -0.39 is 6.10 Å². The van der Waals surface area contributed by atoms with Crippen molar-refractivity contribution in [1.29, 1.82) is 0 Å². The third-order valence-corrected chi connectivity index (χ3v) is 6.10. The van der Waals surface area contributed by atoms with Crippen molar-refractivity contribution in [3.05, 3.63) is 69.8 Å². The van der Waals surface area contributed by atoms with Crippen LogP contribution < -0.4 is 9.47 Å². The normalized spacial score (nSPS) is 12.4. The number of alkyl halides is 1. The van der Waals surface area contributed by atoms with Gasteiger partial charge in [0.1, 0.15) is 24.2 Å². The number of hydrogen-bond acceptors (Lipinski definition) is 4. The zero-order chi connectivity index (χ0) is 22.3. The molecule has 2 aromatic carbocycles. The van der Waals surface area contributed by atoms with E-state index in [1.54, 1.807) is 6.42 Å². The van der Waals surface area contributed by atoms with Crippen molar-refractivity contribution in [3.8, 4) is 11.5 Å². The lowest BCUT2D eigenvalue weighted by atomic mass is 9.78. The topological polar surface area (TPSA) is 44.8 Å². The fraction of sp³-hybridized carbons (Fsp3) is 0.348. The van der Waals surface area contributed by atoms with Gasteiger partial charge in [-0.3, -0.25) is 4.79 Å². The second-order valence-electron chi connectivity index (χ2n) is 7.21. The zero-order valence-electron chi connectivity index (χ0n) is 17.2. The molecule has 1 atom stereocenters. The van der Waals surface area contributed by atoms with E-state index in [0.717, 1.165) is 25.8 Å². The number of esters is 1. The Hall–Kier alpha value is -1.24. The highest BCUT2D eigenvalue weighted by Crippen LogP contribution is 2.41. The monoisotopic (exact) mass is 558 g/mol. The average molecular weight is 561 g/mol. The molecule has 0 amide bonds. The summed E-state index contributed by atoms with van der Waals surface area (Å²) in [6, 6.07) is 12.1. The summed E-state index contributed by atoms with van der Waals surface area (Å²) >= 11 is 13.1. The molecule has 2 rings (SSSR count). The molecule has 30 heavy (non-hydrogen) atoms. The summed E-state index contributed by atoms with van der Waals surface area (Å²) in [6.07, 6.45) is 1.21. The lowest BCUT2D eigenvalue weighted by Crippen LogP contribution is -2.26. The van der Waals surface area contributed by atoms with Crippen LogP contribution in [0.25, 0.3) is 0 Å². The maximum absolute atomic E-state index is 11.2. The molecule has 2 radical (unpaired) electrons. The minimum Gasteiger partial charge on any atom is -0.493 e. The van der Waals surface area contributed by atoms with E-state index in [0.29, 0.717) is 12.4 Å². The Balaban J connectivity index is 2.20. The van der Waals surface area contributed by atoms with Gasteiger partial charge < -0.3 is 14.2 Å². The Morgan fingerprint density at radius 3 is 2.23 bits per heavy atom. The Kier molecular flexibility index (Phi) is 9.51. The summed E-state index contributed by atoms with van der Waals surface area (Å²) in [5.74, 6) is 1.21. The first-order valence-electron chi connectivity index (χ1n) is 9.38. The Labute approximate surface area is 200 Å². The molecule has 0 fully saturated rings. The van der Waals surface area contributed by atoms with Crippen molar-refractivity contribution in [3.63, 3.8) is 0 Å². The molecular formula is C23H25Br2ClO4. The lowest BCUT2D eigenvalue weighted by molar-refractivity contribution is -0.146. The van der Waals surface area contributed by atoms with Crippen LogP contribution in [-0.2, 0) is 14.9 Å². The van der Waals surface area contributed by atoms with E-state index in [1.165, 1.54) is 6.92 Å². The first-order valence-corrected chi connectivity index (χ1v) is 11.5. The highest BCUT2D eigenvalue weighted by Gasteiger charge is 2.26. The van der Waals surface area contributed by atoms with Crippen LogP contribution >= 0.6 is 43.5 Å². The van der Waals surface area contributed by atoms with Crippen LogP contribution in [0.3, 0.4) is 0 Å². The molecule has 0 spiro atoms. The summed E-state index contributed by atoms with van der Waals surface area (Å²) in [7, 11) is 0. The summed E-state index contributed by atoms with van der Waals surface area (Å²) in [5.41, 5.74) is 2.00. The third kappa shape index (κ3) is 6.63. The largest absolute Gasteiger partial charge is 0.493 e. The van der Waals surface area contributed by atoms with Gasteiger partial charge in [-0.2, -0.15) is 0 Å². The second kappa shape index (κ2) is 11.4. The molecule has 0 saturated carbocycles. The van der Waals surface area contributed by atoms with Crippen molar-refractivity contribution >= 4 is 49.4 Å². The van der Waals surface area contributed by atoms with E-state index >= 15 is 0 Å². The van der Waals surface area contributed by atoms with Crippen LogP contribution in [0.15, 0.2) is 45.3 Å². The molecule has 4 nitrogen and oxygen atoms in total. The third-order valence-electron chi connectivity index (χ3n) is 4.58. The maximum Gasteiger partial charge on any atom is 0.303 e. The predicted octanol–water partition coefficient (Wildman–Crippen LogP) is 6.50. The van der Waals surface area contributed by atoms with Crippen molar-refractivity contribution < 1.29 is 19.0 Å². The van der Waals surface area contributed by atoms with Crippen LogP contribution in [-0.4, -0.2) is 31.2 Å². The van der Waals surface area contributed by atoms with Gasteiger partial charge in [0.05, 0.1) is 21.4 Å². The van der Waals surface area contributed by atoms with Crippen LogP contribution in [0, 0.1) is 13.3 Å². The fourth-order valence-corrected chi connectivity index (χ4v) is 4.44. The van der Waals surface area contributed by atoms with Crippen LogP contribution in [0.5, 0.6) is 11.5 Å². The van der Waals surface area contributed by atoms with Gasteiger partial charge in [0.15, 0.2) is 0 Å². The molecule has 0 aliphatic rings. The van der Waals surface area contributed by atoms with Crippen LogP contribution in [0.2, 0.25) is 0 Å². The molecule has 162 valence electrons. The van der Waals surface area contributed by atoms with Crippen molar-refractivity contribution in [2.45, 2.75) is 32.3 Å². The summed E-state index contributed by atoms with van der Waals surface area (Å²) < 4.78 is 18.2. The molecule has 0 bridgehead atoms. The Morgan fingerprint density at radius 1 is 1.13 bits per heavy atom. The number of rotatable bonds is 10.